The van der Waals surface area contributed by atoms with Gasteiger partial charge in [0.25, 0.3) is 0 Å². The molecule has 1 rings (SSSR count). The molecule has 5 N–H and O–H groups in total. The van der Waals surface area contributed by atoms with Crippen molar-refractivity contribution in [3.8, 4) is 0 Å². The van der Waals surface area contributed by atoms with Crippen LogP contribution in [-0.4, -0.2) is 11.1 Å². The highest BCUT2D eigenvalue weighted by Gasteiger charge is 2.18. The van der Waals surface area contributed by atoms with Crippen LogP contribution in [0, 0.1) is 13.8 Å². The molecule has 1 aromatic carbocycles. The van der Waals surface area contributed by atoms with Gasteiger partial charge < -0.3 is 16.6 Å². The molecule has 14 heavy (non-hydrogen) atoms. The Hall–Kier alpha value is -1.55. The first-order valence-corrected chi connectivity index (χ1v) is 4.28. The highest BCUT2D eigenvalue weighted by Crippen LogP contribution is 2.24. The first kappa shape index (κ1) is 10.5. The van der Waals surface area contributed by atoms with Crippen molar-refractivity contribution in [2.24, 2.45) is 5.73 Å². The number of benzene rings is 1. The largest absolute Gasteiger partial charge is 0.480 e. The SMILES string of the molecule is Cc1cc(C)c(N)c([C@H](N)C(=O)O)c1. The zero-order valence-corrected chi connectivity index (χ0v) is 8.24. The fourth-order valence-corrected chi connectivity index (χ4v) is 1.40. The van der Waals surface area contributed by atoms with Crippen LogP contribution in [0.4, 0.5) is 5.69 Å². The Morgan fingerprint density at radius 2 is 2.00 bits per heavy atom. The number of carboxylic acid groups (broad SMARTS) is 1. The molecule has 76 valence electrons. The molecule has 0 spiro atoms. The Kier molecular flexibility index (Phi) is 2.76. The second-order valence-corrected chi connectivity index (χ2v) is 3.40. The summed E-state index contributed by atoms with van der Waals surface area (Å²) < 4.78 is 0. The zero-order valence-electron chi connectivity index (χ0n) is 8.24. The average Bonchev–Trinajstić information content (AvgIpc) is 2.09. The molecular formula is C10H14N2O2. The van der Waals surface area contributed by atoms with Crippen LogP contribution < -0.4 is 11.5 Å². The predicted octanol–water partition coefficient (Wildman–Crippen LogP) is 0.970. The normalized spacial score (nSPS) is 12.5. The van der Waals surface area contributed by atoms with Crippen molar-refractivity contribution in [3.63, 3.8) is 0 Å². The first-order valence-electron chi connectivity index (χ1n) is 4.28. The summed E-state index contributed by atoms with van der Waals surface area (Å²) in [6.45, 7) is 3.71. The van der Waals surface area contributed by atoms with Crippen molar-refractivity contribution >= 4 is 11.7 Å². The highest BCUT2D eigenvalue weighted by atomic mass is 16.4. The van der Waals surface area contributed by atoms with E-state index in [0.29, 0.717) is 11.3 Å². The second kappa shape index (κ2) is 3.67. The lowest BCUT2D eigenvalue weighted by Gasteiger charge is -2.13. The summed E-state index contributed by atoms with van der Waals surface area (Å²) in [4.78, 5) is 10.7. The van der Waals surface area contributed by atoms with Gasteiger partial charge in [0.2, 0.25) is 0 Å². The fraction of sp³-hybridized carbons (Fsp3) is 0.300. The van der Waals surface area contributed by atoms with E-state index >= 15 is 0 Å². The van der Waals surface area contributed by atoms with Crippen LogP contribution >= 0.6 is 0 Å². The molecule has 0 amide bonds. The van der Waals surface area contributed by atoms with Gasteiger partial charge in [-0.3, -0.25) is 4.79 Å². The second-order valence-electron chi connectivity index (χ2n) is 3.40. The number of hydrogen-bond acceptors (Lipinski definition) is 3. The van der Waals surface area contributed by atoms with Crippen molar-refractivity contribution in [2.45, 2.75) is 19.9 Å². The molecule has 0 saturated carbocycles. The van der Waals surface area contributed by atoms with E-state index in [1.165, 1.54) is 0 Å². The maximum absolute atomic E-state index is 10.7. The van der Waals surface area contributed by atoms with Crippen LogP contribution in [0.25, 0.3) is 0 Å². The number of aliphatic carboxylic acids is 1. The number of rotatable bonds is 2. The molecule has 1 atom stereocenters. The van der Waals surface area contributed by atoms with E-state index in [2.05, 4.69) is 0 Å². The Morgan fingerprint density at radius 1 is 1.43 bits per heavy atom. The number of carbonyl (C=O) groups is 1. The number of hydrogen-bond donors (Lipinski definition) is 3. The molecule has 0 aliphatic rings. The van der Waals surface area contributed by atoms with Crippen LogP contribution in [0.2, 0.25) is 0 Å². The monoisotopic (exact) mass is 194 g/mol. The summed E-state index contributed by atoms with van der Waals surface area (Å²) >= 11 is 0. The summed E-state index contributed by atoms with van der Waals surface area (Å²) in [6, 6.07) is 2.56. The van der Waals surface area contributed by atoms with Crippen molar-refractivity contribution in [3.05, 3.63) is 28.8 Å². The van der Waals surface area contributed by atoms with Gasteiger partial charge in [-0.1, -0.05) is 17.7 Å². The van der Waals surface area contributed by atoms with Crippen molar-refractivity contribution < 1.29 is 9.90 Å². The van der Waals surface area contributed by atoms with Crippen molar-refractivity contribution in [1.82, 2.24) is 0 Å². The lowest BCUT2D eigenvalue weighted by atomic mass is 9.99. The van der Waals surface area contributed by atoms with Crippen molar-refractivity contribution in [2.75, 3.05) is 5.73 Å². The summed E-state index contributed by atoms with van der Waals surface area (Å²) in [5, 5.41) is 8.76. The Morgan fingerprint density at radius 3 is 2.50 bits per heavy atom. The highest BCUT2D eigenvalue weighted by molar-refractivity contribution is 5.78. The van der Waals surface area contributed by atoms with E-state index in [-0.39, 0.29) is 0 Å². The van der Waals surface area contributed by atoms with E-state index in [0.717, 1.165) is 11.1 Å². The Labute approximate surface area is 82.5 Å². The molecule has 0 unspecified atom stereocenters. The third kappa shape index (κ3) is 1.85. The molecule has 0 saturated heterocycles. The summed E-state index contributed by atoms with van der Waals surface area (Å²) in [7, 11) is 0. The summed E-state index contributed by atoms with van der Waals surface area (Å²) in [6.07, 6.45) is 0. The van der Waals surface area contributed by atoms with Gasteiger partial charge in [0.05, 0.1) is 0 Å². The quantitative estimate of drug-likeness (QED) is 0.612. The van der Waals surface area contributed by atoms with Crippen LogP contribution in [0.15, 0.2) is 12.1 Å². The van der Waals surface area contributed by atoms with Gasteiger partial charge >= 0.3 is 5.97 Å². The topological polar surface area (TPSA) is 89.3 Å². The lowest BCUT2D eigenvalue weighted by molar-refractivity contribution is -0.138. The van der Waals surface area contributed by atoms with Crippen LogP contribution in [0.5, 0.6) is 0 Å². The molecule has 0 aliphatic heterocycles. The molecule has 0 bridgehead atoms. The number of carboxylic acids is 1. The van der Waals surface area contributed by atoms with Crippen LogP contribution in [0.3, 0.4) is 0 Å². The Bertz CT molecular complexity index is 375. The van der Waals surface area contributed by atoms with Gasteiger partial charge in [-0.05, 0) is 19.4 Å². The fourth-order valence-electron chi connectivity index (χ4n) is 1.40. The smallest absolute Gasteiger partial charge is 0.325 e. The van der Waals surface area contributed by atoms with Gasteiger partial charge in [-0.2, -0.15) is 0 Å². The van der Waals surface area contributed by atoms with E-state index < -0.39 is 12.0 Å². The standard InChI is InChI=1S/C10H14N2O2/c1-5-3-6(2)8(11)7(4-5)9(12)10(13)14/h3-4,9H,11-12H2,1-2H3,(H,13,14)/t9-/m0/s1. The van der Waals surface area contributed by atoms with Gasteiger partial charge in [-0.25, -0.2) is 0 Å². The third-order valence-electron chi connectivity index (χ3n) is 2.16. The van der Waals surface area contributed by atoms with Crippen LogP contribution in [0.1, 0.15) is 22.7 Å². The number of nitrogen functional groups attached to an aromatic ring is 1. The van der Waals surface area contributed by atoms with E-state index in [1.54, 1.807) is 6.07 Å². The lowest BCUT2D eigenvalue weighted by Crippen LogP contribution is -2.22. The zero-order chi connectivity index (χ0) is 10.9. The molecule has 0 heterocycles. The molecule has 0 fully saturated rings. The molecular weight excluding hydrogens is 180 g/mol. The Balaban J connectivity index is 3.26. The average molecular weight is 194 g/mol. The molecule has 4 heteroatoms. The number of aryl methyl sites for hydroxylation is 2. The number of anilines is 1. The molecule has 1 aromatic rings. The van der Waals surface area contributed by atoms with E-state index in [4.69, 9.17) is 16.6 Å². The maximum atomic E-state index is 10.7. The maximum Gasteiger partial charge on any atom is 0.325 e. The molecule has 0 aromatic heterocycles. The van der Waals surface area contributed by atoms with Gasteiger partial charge in [0.15, 0.2) is 0 Å². The molecule has 0 radical (unpaired) electrons. The number of nitrogens with two attached hydrogens (primary N) is 2. The molecule has 4 nitrogen and oxygen atoms in total. The summed E-state index contributed by atoms with van der Waals surface area (Å²) in [5.74, 6) is -1.07. The van der Waals surface area contributed by atoms with Gasteiger partial charge in [0, 0.05) is 11.3 Å². The van der Waals surface area contributed by atoms with Gasteiger partial charge in [-0.15, -0.1) is 0 Å². The van der Waals surface area contributed by atoms with Crippen LogP contribution in [-0.2, 0) is 4.79 Å². The summed E-state index contributed by atoms with van der Waals surface area (Å²) in [5.41, 5.74) is 14.0. The minimum absolute atomic E-state index is 0.463. The predicted molar refractivity (Wildman–Crippen MR) is 54.9 cm³/mol. The van der Waals surface area contributed by atoms with Gasteiger partial charge in [0.1, 0.15) is 6.04 Å². The minimum atomic E-state index is -1.07. The van der Waals surface area contributed by atoms with Crippen molar-refractivity contribution in [1.29, 1.82) is 0 Å². The minimum Gasteiger partial charge on any atom is -0.480 e. The first-order chi connectivity index (χ1) is 6.43. The third-order valence-corrected chi connectivity index (χ3v) is 2.16. The van der Waals surface area contributed by atoms with E-state index in [1.807, 2.05) is 19.9 Å². The molecule has 0 aliphatic carbocycles. The van der Waals surface area contributed by atoms with E-state index in [9.17, 15) is 4.79 Å².